The summed E-state index contributed by atoms with van der Waals surface area (Å²) in [5.74, 6) is -0.725. The van der Waals surface area contributed by atoms with Crippen molar-refractivity contribution in [2.45, 2.75) is 97.1 Å². The Morgan fingerprint density at radius 3 is 1.76 bits per heavy atom. The smallest absolute Gasteiger partial charge is 0.408 e. The number of anilines is 1. The van der Waals surface area contributed by atoms with E-state index < -0.39 is 65.0 Å². The fourth-order valence-corrected chi connectivity index (χ4v) is 7.58. The van der Waals surface area contributed by atoms with E-state index in [1.807, 2.05) is 17.0 Å². The van der Waals surface area contributed by atoms with Crippen molar-refractivity contribution in [3.05, 3.63) is 75.1 Å². The molecule has 17 heteroatoms. The number of ether oxygens (including phenoxy) is 8. The molecule has 0 fully saturated rings. The summed E-state index contributed by atoms with van der Waals surface area (Å²) >= 11 is 0. The number of nitrogens with zero attached hydrogens (tertiary/aromatic N) is 1. The van der Waals surface area contributed by atoms with E-state index in [0.29, 0.717) is 46.7 Å². The highest BCUT2D eigenvalue weighted by molar-refractivity contribution is 5.93. The summed E-state index contributed by atoms with van der Waals surface area (Å²) in [7, 11) is 5.96. The molecule has 4 atom stereocenters. The van der Waals surface area contributed by atoms with E-state index >= 15 is 0 Å². The van der Waals surface area contributed by atoms with Gasteiger partial charge in [-0.2, -0.15) is 0 Å². The van der Waals surface area contributed by atoms with Crippen molar-refractivity contribution in [1.82, 2.24) is 10.6 Å². The Morgan fingerprint density at radius 2 is 1.21 bits per heavy atom. The molecule has 4 aromatic rings. The van der Waals surface area contributed by atoms with Crippen LogP contribution in [0.3, 0.4) is 0 Å². The van der Waals surface area contributed by atoms with E-state index in [1.54, 1.807) is 80.0 Å². The molecule has 0 bridgehead atoms. The number of hydrogen-bond acceptors (Lipinski definition) is 15. The Labute approximate surface area is 358 Å². The predicted molar refractivity (Wildman–Crippen MR) is 226 cm³/mol. The lowest BCUT2D eigenvalue weighted by Crippen LogP contribution is -2.43. The number of carbonyl (C=O) groups excluding carboxylic acids is 4. The molecule has 2 aliphatic rings. The van der Waals surface area contributed by atoms with Gasteiger partial charge < -0.3 is 57.8 Å². The summed E-state index contributed by atoms with van der Waals surface area (Å²) in [5, 5.41) is 5.44. The van der Waals surface area contributed by atoms with E-state index in [2.05, 4.69) is 10.6 Å². The zero-order valence-electron chi connectivity index (χ0n) is 36.9. The Bertz CT molecular complexity index is 2470. The van der Waals surface area contributed by atoms with Crippen molar-refractivity contribution < 1.29 is 61.5 Å². The van der Waals surface area contributed by atoms with E-state index in [-0.39, 0.29) is 28.6 Å². The highest BCUT2D eigenvalue weighted by Crippen LogP contribution is 2.57. The first-order chi connectivity index (χ1) is 29.2. The Kier molecular flexibility index (Phi) is 12.6. The molecule has 1 aromatic heterocycles. The predicted octanol–water partition coefficient (Wildman–Crippen LogP) is 6.71. The Balaban J connectivity index is 1.45. The largest absolute Gasteiger partial charge is 0.493 e. The van der Waals surface area contributed by atoms with Crippen LogP contribution in [0.5, 0.6) is 34.5 Å². The number of esters is 2. The second kappa shape index (κ2) is 17.4. The van der Waals surface area contributed by atoms with Crippen LogP contribution in [0, 0.1) is 0 Å². The molecule has 0 aliphatic carbocycles. The number of nitrogens with one attached hydrogen (secondary N) is 2. The molecule has 2 N–H and O–H groups in total. The van der Waals surface area contributed by atoms with Gasteiger partial charge in [-0.25, -0.2) is 24.0 Å². The third kappa shape index (κ3) is 9.31. The SMILES string of the molecule is COc1cc2c(cc1OC)C1C(c3ccc(OC(=O)[C@H](C)NC(=O)OC(C)(C)C)c(OC)c3)c3c(c(=O)oc4cc(OC(=O)[C@H](C)NC(=O)OC(C)(C)C)c(OC)cc34)N1CC2. The van der Waals surface area contributed by atoms with Crippen molar-refractivity contribution in [1.29, 1.82) is 0 Å². The topological polar surface area (TPSA) is 200 Å². The number of methoxy groups -OCH3 is 4. The van der Waals surface area contributed by atoms with Gasteiger partial charge in [-0.05, 0) is 109 Å². The van der Waals surface area contributed by atoms with Crippen molar-refractivity contribution in [3.8, 4) is 34.5 Å². The first-order valence-electron chi connectivity index (χ1n) is 20.0. The van der Waals surface area contributed by atoms with Crippen LogP contribution in [0.25, 0.3) is 11.0 Å². The van der Waals surface area contributed by atoms with Crippen LogP contribution in [0.4, 0.5) is 15.3 Å². The summed E-state index contributed by atoms with van der Waals surface area (Å²) in [4.78, 5) is 67.5. The lowest BCUT2D eigenvalue weighted by Gasteiger charge is -2.36. The molecule has 62 heavy (non-hydrogen) atoms. The first-order valence-corrected chi connectivity index (χ1v) is 20.0. The molecule has 3 aromatic carbocycles. The van der Waals surface area contributed by atoms with Gasteiger partial charge in [0.15, 0.2) is 34.5 Å². The third-order valence-corrected chi connectivity index (χ3v) is 10.2. The quantitative estimate of drug-likeness (QED) is 0.0915. The minimum absolute atomic E-state index is 0.0522. The van der Waals surface area contributed by atoms with Crippen LogP contribution < -0.4 is 49.6 Å². The maximum absolute atomic E-state index is 14.3. The molecule has 2 amide bonds. The second-order valence-corrected chi connectivity index (χ2v) is 16.9. The summed E-state index contributed by atoms with van der Waals surface area (Å²) in [6, 6.07) is 9.31. The number of hydrogen-bond donors (Lipinski definition) is 2. The molecular formula is C45H53N3O14. The second-order valence-electron chi connectivity index (χ2n) is 16.9. The van der Waals surface area contributed by atoms with E-state index in [0.717, 1.165) is 11.1 Å². The summed E-state index contributed by atoms with van der Waals surface area (Å²) in [6.07, 6.45) is -1.02. The number of amides is 2. The van der Waals surface area contributed by atoms with Gasteiger partial charge >= 0.3 is 29.8 Å². The summed E-state index contributed by atoms with van der Waals surface area (Å²) < 4.78 is 50.9. The fourth-order valence-electron chi connectivity index (χ4n) is 7.58. The zero-order valence-corrected chi connectivity index (χ0v) is 36.9. The lowest BCUT2D eigenvalue weighted by molar-refractivity contribution is -0.137. The maximum Gasteiger partial charge on any atom is 0.408 e. The van der Waals surface area contributed by atoms with Crippen LogP contribution >= 0.6 is 0 Å². The van der Waals surface area contributed by atoms with Crippen LogP contribution in [0.1, 0.15) is 89.6 Å². The van der Waals surface area contributed by atoms with Gasteiger partial charge in [0.05, 0.1) is 34.5 Å². The van der Waals surface area contributed by atoms with Gasteiger partial charge in [0.2, 0.25) is 0 Å². The maximum atomic E-state index is 14.3. The monoisotopic (exact) mass is 859 g/mol. The molecule has 0 spiro atoms. The molecule has 17 nitrogen and oxygen atoms in total. The first kappa shape index (κ1) is 44.9. The number of fused-ring (bicyclic) bond motifs is 7. The molecule has 0 saturated carbocycles. The van der Waals surface area contributed by atoms with Gasteiger partial charge in [-0.1, -0.05) is 6.07 Å². The molecule has 2 aliphatic heterocycles. The average molecular weight is 860 g/mol. The van der Waals surface area contributed by atoms with E-state index in [4.69, 9.17) is 42.3 Å². The number of rotatable bonds is 11. The summed E-state index contributed by atoms with van der Waals surface area (Å²) in [5.41, 5.74) is 1.38. The highest BCUT2D eigenvalue weighted by atomic mass is 16.6. The van der Waals surface area contributed by atoms with Gasteiger partial charge in [-0.15, -0.1) is 0 Å². The molecule has 0 radical (unpaired) electrons. The van der Waals surface area contributed by atoms with Crippen LogP contribution in [-0.4, -0.2) is 82.4 Å². The average Bonchev–Trinajstić information content (AvgIpc) is 3.55. The Morgan fingerprint density at radius 1 is 0.694 bits per heavy atom. The van der Waals surface area contributed by atoms with Gasteiger partial charge in [0.1, 0.15) is 34.6 Å². The third-order valence-electron chi connectivity index (χ3n) is 10.2. The Hall–Kier alpha value is -6.65. The minimum Gasteiger partial charge on any atom is -0.493 e. The summed E-state index contributed by atoms with van der Waals surface area (Å²) in [6.45, 7) is 13.6. The number of alkyl carbamates (subject to hydrolysis) is 2. The standard InChI is InChI=1S/C45H53N3O14/c1-22(46-42(52)61-44(3,4)5)39(49)58-28-14-13-25(18-30(28)54-9)35-36-27-20-33(57-12)34(60-40(50)23(2)47-43(53)62-45(6,7)8)21-29(27)59-41(51)38(36)48-16-15-24-17-31(55-10)32(56-11)19-26(24)37(35)48/h13-14,17-23,35,37H,15-16H2,1-12H3,(H,46,52)(H,47,53)/t22-,23-,35?,37?/m0/s1. The number of benzene rings is 3. The van der Waals surface area contributed by atoms with Crippen LogP contribution in [0.15, 0.2) is 51.7 Å². The number of carbonyl (C=O) groups is 4. The molecule has 2 unspecified atom stereocenters. The molecule has 3 heterocycles. The van der Waals surface area contributed by atoms with Gasteiger partial charge in [-0.3, -0.25) is 0 Å². The normalized spacial score (nSPS) is 16.4. The van der Waals surface area contributed by atoms with Crippen LogP contribution in [0.2, 0.25) is 0 Å². The molecule has 6 rings (SSSR count). The molecule has 0 saturated heterocycles. The fraction of sp³-hybridized carbons (Fsp3) is 0.444. The van der Waals surface area contributed by atoms with Gasteiger partial charge in [0, 0.05) is 29.5 Å². The van der Waals surface area contributed by atoms with Crippen molar-refractivity contribution in [2.75, 3.05) is 39.9 Å². The van der Waals surface area contributed by atoms with Crippen LogP contribution in [-0.2, 0) is 25.5 Å². The molecule has 332 valence electrons. The zero-order chi connectivity index (χ0) is 45.4. The van der Waals surface area contributed by atoms with Crippen molar-refractivity contribution >= 4 is 40.8 Å². The molecular weight excluding hydrogens is 807 g/mol. The lowest BCUT2D eigenvalue weighted by atomic mass is 9.80. The highest BCUT2D eigenvalue weighted by Gasteiger charge is 2.47. The van der Waals surface area contributed by atoms with Gasteiger partial charge in [0.25, 0.3) is 0 Å². The van der Waals surface area contributed by atoms with Crippen molar-refractivity contribution in [3.63, 3.8) is 0 Å². The minimum atomic E-state index is -1.12. The van der Waals surface area contributed by atoms with Crippen molar-refractivity contribution in [2.24, 2.45) is 0 Å². The van der Waals surface area contributed by atoms with E-state index in [9.17, 15) is 24.0 Å². The van der Waals surface area contributed by atoms with E-state index in [1.165, 1.54) is 34.1 Å².